The van der Waals surface area contributed by atoms with E-state index in [0.717, 1.165) is 22.9 Å². The maximum atomic E-state index is 12.4. The molecular weight excluding hydrogens is 354 g/mol. The van der Waals surface area contributed by atoms with Gasteiger partial charge in [0.05, 0.1) is 5.02 Å². The van der Waals surface area contributed by atoms with E-state index in [4.69, 9.17) is 11.6 Å². The lowest BCUT2D eigenvalue weighted by Gasteiger charge is -2.34. The Morgan fingerprint density at radius 2 is 1.90 bits per heavy atom. The van der Waals surface area contributed by atoms with E-state index in [0.29, 0.717) is 17.4 Å². The molecule has 2 unspecified atom stereocenters. The van der Waals surface area contributed by atoms with Crippen molar-refractivity contribution in [2.75, 3.05) is 0 Å². The first kappa shape index (κ1) is 15.0. The van der Waals surface area contributed by atoms with E-state index in [2.05, 4.69) is 21.2 Å². The number of amides is 2. The van der Waals surface area contributed by atoms with Gasteiger partial charge in [-0.2, -0.15) is 0 Å². The van der Waals surface area contributed by atoms with Crippen LogP contribution < -0.4 is 5.32 Å². The van der Waals surface area contributed by atoms with Crippen molar-refractivity contribution in [3.63, 3.8) is 0 Å². The van der Waals surface area contributed by atoms with Crippen LogP contribution in [0.3, 0.4) is 0 Å². The number of imide groups is 1. The molecule has 1 aliphatic carbocycles. The maximum Gasteiger partial charge on any atom is 0.230 e. The van der Waals surface area contributed by atoms with Crippen LogP contribution in [-0.4, -0.2) is 11.8 Å². The molecule has 0 spiro atoms. The van der Waals surface area contributed by atoms with Gasteiger partial charge in [-0.1, -0.05) is 30.5 Å². The quantitative estimate of drug-likeness (QED) is 0.799. The number of halogens is 2. The Bertz CT molecular complexity index is 584. The van der Waals surface area contributed by atoms with Crippen molar-refractivity contribution in [3.8, 4) is 0 Å². The van der Waals surface area contributed by atoms with Gasteiger partial charge < -0.3 is 0 Å². The third kappa shape index (κ3) is 3.02. The zero-order valence-electron chi connectivity index (χ0n) is 11.6. The topological polar surface area (TPSA) is 46.2 Å². The standard InChI is InChI=1S/C16H17BrClNO2/c17-12-7-10(5-6-13(12)18)11-8-14(20)19-16(21)15(11)9-3-1-2-4-9/h5-7,9,11,15H,1-4,8H2,(H,19,20,21). The highest BCUT2D eigenvalue weighted by atomic mass is 79.9. The fraction of sp³-hybridized carbons (Fsp3) is 0.500. The maximum absolute atomic E-state index is 12.4. The zero-order valence-corrected chi connectivity index (χ0v) is 13.9. The minimum Gasteiger partial charge on any atom is -0.296 e. The summed E-state index contributed by atoms with van der Waals surface area (Å²) in [4.78, 5) is 24.2. The van der Waals surface area contributed by atoms with Gasteiger partial charge in [-0.3, -0.25) is 14.9 Å². The van der Waals surface area contributed by atoms with Crippen LogP contribution in [0.25, 0.3) is 0 Å². The van der Waals surface area contributed by atoms with Crippen molar-refractivity contribution in [3.05, 3.63) is 33.3 Å². The van der Waals surface area contributed by atoms with Gasteiger partial charge in [0, 0.05) is 22.7 Å². The Labute approximate surface area is 137 Å². The van der Waals surface area contributed by atoms with Crippen molar-refractivity contribution >= 4 is 39.3 Å². The number of nitrogens with one attached hydrogen (secondary N) is 1. The molecule has 2 aliphatic rings. The largest absolute Gasteiger partial charge is 0.296 e. The Balaban J connectivity index is 1.95. The van der Waals surface area contributed by atoms with Crippen LogP contribution in [0.4, 0.5) is 0 Å². The number of piperidine rings is 1. The summed E-state index contributed by atoms with van der Waals surface area (Å²) in [5, 5.41) is 3.16. The highest BCUT2D eigenvalue weighted by Crippen LogP contribution is 2.43. The molecule has 5 heteroatoms. The van der Waals surface area contributed by atoms with Crippen molar-refractivity contribution in [1.29, 1.82) is 0 Å². The molecule has 1 heterocycles. The van der Waals surface area contributed by atoms with Crippen LogP contribution in [-0.2, 0) is 9.59 Å². The summed E-state index contributed by atoms with van der Waals surface area (Å²) < 4.78 is 0.810. The monoisotopic (exact) mass is 369 g/mol. The van der Waals surface area contributed by atoms with Gasteiger partial charge in [0.25, 0.3) is 0 Å². The van der Waals surface area contributed by atoms with Gasteiger partial charge >= 0.3 is 0 Å². The predicted octanol–water partition coefficient (Wildman–Crippen LogP) is 4.04. The summed E-state index contributed by atoms with van der Waals surface area (Å²) >= 11 is 9.48. The van der Waals surface area contributed by atoms with Gasteiger partial charge in [0.2, 0.25) is 11.8 Å². The van der Waals surface area contributed by atoms with E-state index in [-0.39, 0.29) is 23.7 Å². The minimum absolute atomic E-state index is 0.0390. The summed E-state index contributed by atoms with van der Waals surface area (Å²) in [5.41, 5.74) is 1.02. The Kier molecular flexibility index (Phi) is 4.36. The number of hydrogen-bond donors (Lipinski definition) is 1. The summed E-state index contributed by atoms with van der Waals surface area (Å²) in [6.45, 7) is 0. The van der Waals surface area contributed by atoms with Gasteiger partial charge in [-0.05, 0) is 52.4 Å². The molecule has 2 amide bonds. The molecule has 1 N–H and O–H groups in total. The van der Waals surface area contributed by atoms with Crippen LogP contribution in [0, 0.1) is 11.8 Å². The molecular formula is C16H17BrClNO2. The summed E-state index contributed by atoms with van der Waals surface area (Å²) in [6.07, 6.45) is 4.90. The molecule has 2 fully saturated rings. The van der Waals surface area contributed by atoms with Crippen LogP contribution >= 0.6 is 27.5 Å². The number of hydrogen-bond acceptors (Lipinski definition) is 2. The fourth-order valence-corrected chi connectivity index (χ4v) is 4.22. The molecule has 0 radical (unpaired) electrons. The minimum atomic E-state index is -0.176. The van der Waals surface area contributed by atoms with Crippen molar-refractivity contribution in [1.82, 2.24) is 5.32 Å². The lowest BCUT2D eigenvalue weighted by molar-refractivity contribution is -0.138. The zero-order chi connectivity index (χ0) is 15.0. The number of benzene rings is 1. The van der Waals surface area contributed by atoms with E-state index in [9.17, 15) is 9.59 Å². The van der Waals surface area contributed by atoms with E-state index in [1.54, 1.807) is 0 Å². The SMILES string of the molecule is O=C1CC(c2ccc(Cl)c(Br)c2)C(C2CCCC2)C(=O)N1. The summed E-state index contributed by atoms with van der Waals surface area (Å²) in [7, 11) is 0. The third-order valence-corrected chi connectivity index (χ3v) is 5.90. The number of carbonyl (C=O) groups is 2. The molecule has 3 rings (SSSR count). The highest BCUT2D eigenvalue weighted by molar-refractivity contribution is 9.10. The Hall–Kier alpha value is -0.870. The first-order valence-electron chi connectivity index (χ1n) is 7.35. The number of rotatable bonds is 2. The second kappa shape index (κ2) is 6.09. The molecule has 2 atom stereocenters. The molecule has 1 aromatic carbocycles. The van der Waals surface area contributed by atoms with Crippen molar-refractivity contribution in [2.24, 2.45) is 11.8 Å². The van der Waals surface area contributed by atoms with Gasteiger partial charge in [0.1, 0.15) is 0 Å². The van der Waals surface area contributed by atoms with Crippen LogP contribution in [0.5, 0.6) is 0 Å². The molecule has 1 saturated heterocycles. The third-order valence-electron chi connectivity index (χ3n) is 4.68. The second-order valence-electron chi connectivity index (χ2n) is 5.97. The molecule has 3 nitrogen and oxygen atoms in total. The molecule has 1 saturated carbocycles. The van der Waals surface area contributed by atoms with E-state index < -0.39 is 0 Å². The fourth-order valence-electron chi connectivity index (χ4n) is 3.71. The summed E-state index contributed by atoms with van der Waals surface area (Å²) in [6, 6.07) is 5.70. The van der Waals surface area contributed by atoms with Crippen molar-refractivity contribution < 1.29 is 9.59 Å². The van der Waals surface area contributed by atoms with E-state index in [1.807, 2.05) is 18.2 Å². The van der Waals surface area contributed by atoms with Crippen LogP contribution in [0.2, 0.25) is 5.02 Å². The smallest absolute Gasteiger partial charge is 0.230 e. The van der Waals surface area contributed by atoms with Crippen LogP contribution in [0.15, 0.2) is 22.7 Å². The molecule has 0 bridgehead atoms. The predicted molar refractivity (Wildman–Crippen MR) is 85.1 cm³/mol. The van der Waals surface area contributed by atoms with Gasteiger partial charge in [-0.15, -0.1) is 0 Å². The van der Waals surface area contributed by atoms with Gasteiger partial charge in [0.15, 0.2) is 0 Å². The lowest BCUT2D eigenvalue weighted by Crippen LogP contribution is -2.47. The lowest BCUT2D eigenvalue weighted by atomic mass is 9.73. The molecule has 21 heavy (non-hydrogen) atoms. The molecule has 1 aromatic rings. The van der Waals surface area contributed by atoms with Crippen LogP contribution in [0.1, 0.15) is 43.6 Å². The summed E-state index contributed by atoms with van der Waals surface area (Å²) in [5.74, 6) is -0.0294. The average molecular weight is 371 g/mol. The molecule has 1 aliphatic heterocycles. The van der Waals surface area contributed by atoms with Gasteiger partial charge in [-0.25, -0.2) is 0 Å². The highest BCUT2D eigenvalue weighted by Gasteiger charge is 2.42. The normalized spacial score (nSPS) is 27.0. The molecule has 112 valence electrons. The Morgan fingerprint density at radius 3 is 2.57 bits per heavy atom. The van der Waals surface area contributed by atoms with E-state index in [1.165, 1.54) is 12.8 Å². The number of carbonyl (C=O) groups excluding carboxylic acids is 2. The first-order chi connectivity index (χ1) is 10.1. The van der Waals surface area contributed by atoms with E-state index >= 15 is 0 Å². The Morgan fingerprint density at radius 1 is 1.19 bits per heavy atom. The first-order valence-corrected chi connectivity index (χ1v) is 8.52. The second-order valence-corrected chi connectivity index (χ2v) is 7.23. The van der Waals surface area contributed by atoms with Crippen molar-refractivity contribution in [2.45, 2.75) is 38.0 Å². The molecule has 0 aromatic heterocycles. The average Bonchev–Trinajstić information content (AvgIpc) is 2.94.